The van der Waals surface area contributed by atoms with Crippen molar-refractivity contribution in [3.63, 3.8) is 0 Å². The summed E-state index contributed by atoms with van der Waals surface area (Å²) < 4.78 is 1.03. The Morgan fingerprint density at radius 1 is 1.31 bits per heavy atom. The van der Waals surface area contributed by atoms with Crippen LogP contribution in [0, 0.1) is 0 Å². The van der Waals surface area contributed by atoms with Crippen LogP contribution >= 0.6 is 15.9 Å². The lowest BCUT2D eigenvalue weighted by Gasteiger charge is -2.18. The van der Waals surface area contributed by atoms with Crippen LogP contribution in [0.4, 0.5) is 0 Å². The molecular weight excluding hydrogens is 230 g/mol. The molecule has 2 N–H and O–H groups in total. The molecule has 1 aromatic rings. The maximum Gasteiger partial charge on any atom is 0.0940 e. The molecule has 1 aromatic carbocycles. The van der Waals surface area contributed by atoms with Crippen LogP contribution in [0.3, 0.4) is 0 Å². The first-order chi connectivity index (χ1) is 6.15. The summed E-state index contributed by atoms with van der Waals surface area (Å²) in [5, 5.41) is 12.8. The van der Waals surface area contributed by atoms with Gasteiger partial charge in [-0.15, -0.1) is 0 Å². The van der Waals surface area contributed by atoms with Crippen molar-refractivity contribution in [2.24, 2.45) is 0 Å². The number of aliphatic hydroxyl groups excluding tert-OH is 1. The lowest BCUT2D eigenvalue weighted by Crippen LogP contribution is -2.28. The topological polar surface area (TPSA) is 32.3 Å². The zero-order valence-corrected chi connectivity index (χ0v) is 9.38. The van der Waals surface area contributed by atoms with Crippen molar-refractivity contribution in [1.82, 2.24) is 5.32 Å². The Bertz CT molecular complexity index is 260. The van der Waals surface area contributed by atoms with Crippen molar-refractivity contribution < 1.29 is 5.11 Å². The fourth-order valence-electron chi connectivity index (χ4n) is 1.11. The summed E-state index contributed by atoms with van der Waals surface area (Å²) in [5.74, 6) is 0. The molecule has 0 saturated heterocycles. The van der Waals surface area contributed by atoms with Crippen LogP contribution in [-0.4, -0.2) is 18.2 Å². The number of hydrogen-bond acceptors (Lipinski definition) is 2. The van der Waals surface area contributed by atoms with Crippen molar-refractivity contribution in [2.45, 2.75) is 19.1 Å². The van der Waals surface area contributed by atoms with Gasteiger partial charge in [0.05, 0.1) is 6.10 Å². The Kier molecular flexibility index (Phi) is 3.90. The third kappa shape index (κ3) is 2.79. The van der Waals surface area contributed by atoms with Crippen LogP contribution in [0.15, 0.2) is 28.7 Å². The summed E-state index contributed by atoms with van der Waals surface area (Å²) >= 11 is 3.35. The molecular formula is C10H14BrNO. The van der Waals surface area contributed by atoms with E-state index in [9.17, 15) is 5.11 Å². The molecule has 0 aliphatic rings. The van der Waals surface area contributed by atoms with Gasteiger partial charge in [-0.25, -0.2) is 0 Å². The normalized spacial score (nSPS) is 15.4. The maximum atomic E-state index is 9.80. The molecule has 3 heteroatoms. The molecule has 0 aromatic heterocycles. The molecule has 0 aliphatic carbocycles. The highest BCUT2D eigenvalue weighted by Gasteiger charge is 2.13. The number of hydrogen-bond donors (Lipinski definition) is 2. The van der Waals surface area contributed by atoms with E-state index in [0.717, 1.165) is 10.0 Å². The fourth-order valence-corrected chi connectivity index (χ4v) is 1.37. The monoisotopic (exact) mass is 243 g/mol. The van der Waals surface area contributed by atoms with Crippen LogP contribution < -0.4 is 5.32 Å². The quantitative estimate of drug-likeness (QED) is 0.853. The van der Waals surface area contributed by atoms with Crippen LogP contribution in [0.5, 0.6) is 0 Å². The minimum absolute atomic E-state index is 0.0705. The first-order valence-electron chi connectivity index (χ1n) is 4.26. The van der Waals surface area contributed by atoms with E-state index in [1.54, 1.807) is 0 Å². The number of benzene rings is 1. The van der Waals surface area contributed by atoms with Crippen molar-refractivity contribution in [3.05, 3.63) is 34.3 Å². The van der Waals surface area contributed by atoms with E-state index in [0.29, 0.717) is 0 Å². The van der Waals surface area contributed by atoms with Gasteiger partial charge >= 0.3 is 0 Å². The molecule has 0 bridgehead atoms. The second-order valence-corrected chi connectivity index (χ2v) is 3.99. The second kappa shape index (κ2) is 4.74. The zero-order chi connectivity index (χ0) is 9.84. The highest BCUT2D eigenvalue weighted by molar-refractivity contribution is 9.10. The molecule has 1 rings (SSSR count). The summed E-state index contributed by atoms with van der Waals surface area (Å²) in [5.41, 5.74) is 0.935. The van der Waals surface area contributed by atoms with E-state index in [-0.39, 0.29) is 6.04 Å². The number of nitrogens with one attached hydrogen (secondary N) is 1. The molecule has 0 aliphatic heterocycles. The van der Waals surface area contributed by atoms with E-state index >= 15 is 0 Å². The van der Waals surface area contributed by atoms with Gasteiger partial charge in [-0.3, -0.25) is 0 Å². The standard InChI is InChI=1S/C10H14BrNO/c1-7(12-2)10(13)8-3-5-9(11)6-4-8/h3-7,10,12-13H,1-2H3. The molecule has 2 unspecified atom stereocenters. The maximum absolute atomic E-state index is 9.80. The van der Waals surface area contributed by atoms with E-state index in [2.05, 4.69) is 21.2 Å². The average Bonchev–Trinajstić information content (AvgIpc) is 2.17. The number of likely N-dealkylation sites (N-methyl/N-ethyl adjacent to an activating group) is 1. The van der Waals surface area contributed by atoms with Crippen LogP contribution in [0.2, 0.25) is 0 Å². The SMILES string of the molecule is CNC(C)C(O)c1ccc(Br)cc1. The van der Waals surface area contributed by atoms with Gasteiger partial charge in [0.2, 0.25) is 0 Å². The first-order valence-corrected chi connectivity index (χ1v) is 5.05. The Labute approximate surface area is 87.1 Å². The largest absolute Gasteiger partial charge is 0.387 e. The lowest BCUT2D eigenvalue weighted by molar-refractivity contribution is 0.140. The average molecular weight is 244 g/mol. The van der Waals surface area contributed by atoms with Crippen molar-refractivity contribution in [2.75, 3.05) is 7.05 Å². The molecule has 0 saturated carbocycles. The summed E-state index contributed by atoms with van der Waals surface area (Å²) in [7, 11) is 1.84. The highest BCUT2D eigenvalue weighted by atomic mass is 79.9. The van der Waals surface area contributed by atoms with E-state index < -0.39 is 6.10 Å². The van der Waals surface area contributed by atoms with Gasteiger partial charge in [0.25, 0.3) is 0 Å². The van der Waals surface area contributed by atoms with E-state index in [4.69, 9.17) is 0 Å². The van der Waals surface area contributed by atoms with Gasteiger partial charge in [-0.1, -0.05) is 28.1 Å². The number of halogens is 1. The Morgan fingerprint density at radius 2 is 1.85 bits per heavy atom. The Balaban J connectivity index is 2.77. The molecule has 0 fully saturated rings. The van der Waals surface area contributed by atoms with Crippen LogP contribution in [-0.2, 0) is 0 Å². The lowest BCUT2D eigenvalue weighted by atomic mass is 10.0. The van der Waals surface area contributed by atoms with Gasteiger partial charge in [-0.2, -0.15) is 0 Å². The summed E-state index contributed by atoms with van der Waals surface area (Å²) in [6.07, 6.45) is -0.446. The van der Waals surface area contributed by atoms with Crippen LogP contribution in [0.1, 0.15) is 18.6 Å². The second-order valence-electron chi connectivity index (χ2n) is 3.07. The smallest absolute Gasteiger partial charge is 0.0940 e. The molecule has 0 heterocycles. The van der Waals surface area contributed by atoms with Gasteiger partial charge in [0.1, 0.15) is 0 Å². The van der Waals surface area contributed by atoms with Gasteiger partial charge < -0.3 is 10.4 Å². The molecule has 0 amide bonds. The molecule has 72 valence electrons. The number of aliphatic hydroxyl groups is 1. The van der Waals surface area contributed by atoms with Crippen molar-refractivity contribution >= 4 is 15.9 Å². The summed E-state index contributed by atoms with van der Waals surface area (Å²) in [6, 6.07) is 7.77. The van der Waals surface area contributed by atoms with Gasteiger partial charge in [-0.05, 0) is 31.7 Å². The molecule has 0 spiro atoms. The number of rotatable bonds is 3. The summed E-state index contributed by atoms with van der Waals surface area (Å²) in [4.78, 5) is 0. The molecule has 2 nitrogen and oxygen atoms in total. The van der Waals surface area contributed by atoms with Crippen molar-refractivity contribution in [1.29, 1.82) is 0 Å². The Hall–Kier alpha value is -0.380. The predicted octanol–water partition coefficient (Wildman–Crippen LogP) is 2.09. The van der Waals surface area contributed by atoms with Gasteiger partial charge in [0.15, 0.2) is 0 Å². The molecule has 2 atom stereocenters. The fraction of sp³-hybridized carbons (Fsp3) is 0.400. The summed E-state index contributed by atoms with van der Waals surface area (Å²) in [6.45, 7) is 1.95. The third-order valence-corrected chi connectivity index (χ3v) is 2.67. The minimum atomic E-state index is -0.446. The highest BCUT2D eigenvalue weighted by Crippen LogP contribution is 2.19. The van der Waals surface area contributed by atoms with Crippen molar-refractivity contribution in [3.8, 4) is 0 Å². The Morgan fingerprint density at radius 3 is 2.31 bits per heavy atom. The third-order valence-electron chi connectivity index (χ3n) is 2.14. The predicted molar refractivity (Wildman–Crippen MR) is 57.6 cm³/mol. The molecule has 13 heavy (non-hydrogen) atoms. The van der Waals surface area contributed by atoms with E-state index in [1.165, 1.54) is 0 Å². The zero-order valence-electron chi connectivity index (χ0n) is 7.79. The molecule has 0 radical (unpaired) electrons. The van der Waals surface area contributed by atoms with Crippen LogP contribution in [0.25, 0.3) is 0 Å². The first kappa shape index (κ1) is 10.7. The van der Waals surface area contributed by atoms with E-state index in [1.807, 2.05) is 38.2 Å². The van der Waals surface area contributed by atoms with Gasteiger partial charge in [0, 0.05) is 10.5 Å². The minimum Gasteiger partial charge on any atom is -0.387 e.